The average molecular weight is 423 g/mol. The van der Waals surface area contributed by atoms with Gasteiger partial charge in [-0.2, -0.15) is 0 Å². The Kier molecular flexibility index (Phi) is 6.35. The summed E-state index contributed by atoms with van der Waals surface area (Å²) in [6.07, 6.45) is 2.37. The van der Waals surface area contributed by atoms with Crippen LogP contribution in [0.3, 0.4) is 0 Å². The molecule has 0 aliphatic carbocycles. The van der Waals surface area contributed by atoms with E-state index < -0.39 is 0 Å². The number of rotatable bonds is 7. The molecule has 4 rings (SSSR count). The fraction of sp³-hybridized carbons (Fsp3) is 0.360. The lowest BCUT2D eigenvalue weighted by atomic mass is 9.89. The van der Waals surface area contributed by atoms with Crippen LogP contribution < -0.4 is 9.64 Å². The first-order valence-electron chi connectivity index (χ1n) is 10.7. The Bertz CT molecular complexity index is 1020. The highest BCUT2D eigenvalue weighted by atomic mass is 19.1. The number of anilines is 1. The largest absolute Gasteiger partial charge is 0.488 e. The third-order valence-electron chi connectivity index (χ3n) is 6.02. The molecule has 0 saturated carbocycles. The minimum absolute atomic E-state index is 0.106. The lowest BCUT2D eigenvalue weighted by molar-refractivity contribution is 0.0950. The molecule has 0 atom stereocenters. The van der Waals surface area contributed by atoms with Crippen molar-refractivity contribution < 1.29 is 18.4 Å². The summed E-state index contributed by atoms with van der Waals surface area (Å²) < 4.78 is 24.3. The maximum Gasteiger partial charge on any atom is 0.166 e. The van der Waals surface area contributed by atoms with E-state index in [1.807, 2.05) is 50.2 Å². The molecule has 2 heterocycles. The third-order valence-corrected chi connectivity index (χ3v) is 6.02. The van der Waals surface area contributed by atoms with Gasteiger partial charge >= 0.3 is 0 Å². The molecule has 5 nitrogen and oxygen atoms in total. The zero-order valence-electron chi connectivity index (χ0n) is 17.9. The summed E-state index contributed by atoms with van der Waals surface area (Å²) >= 11 is 0. The van der Waals surface area contributed by atoms with E-state index in [0.717, 1.165) is 48.6 Å². The van der Waals surface area contributed by atoms with Gasteiger partial charge in [-0.1, -0.05) is 17.3 Å². The van der Waals surface area contributed by atoms with Crippen LogP contribution in [0.1, 0.15) is 46.6 Å². The quantitative estimate of drug-likeness (QED) is 0.471. The van der Waals surface area contributed by atoms with E-state index in [0.29, 0.717) is 30.3 Å². The summed E-state index contributed by atoms with van der Waals surface area (Å²) in [4.78, 5) is 15.3. The Morgan fingerprint density at radius 3 is 2.52 bits per heavy atom. The monoisotopic (exact) mass is 422 g/mol. The Hall–Kier alpha value is -3.15. The number of ketones is 1. The van der Waals surface area contributed by atoms with Gasteiger partial charge in [-0.15, -0.1) is 0 Å². The highest BCUT2D eigenvalue weighted by Crippen LogP contribution is 2.29. The van der Waals surface area contributed by atoms with E-state index in [1.165, 1.54) is 12.1 Å². The molecule has 1 fully saturated rings. The second kappa shape index (κ2) is 9.33. The average Bonchev–Trinajstić information content (AvgIpc) is 3.11. The van der Waals surface area contributed by atoms with Crippen molar-refractivity contribution in [3.05, 3.63) is 76.9 Å². The maximum atomic E-state index is 13.2. The second-order valence-corrected chi connectivity index (χ2v) is 8.12. The minimum atomic E-state index is -0.223. The summed E-state index contributed by atoms with van der Waals surface area (Å²) in [7, 11) is 0. The topological polar surface area (TPSA) is 55.6 Å². The van der Waals surface area contributed by atoms with E-state index in [4.69, 9.17) is 9.26 Å². The third kappa shape index (κ3) is 4.95. The molecule has 0 N–H and O–H groups in total. The number of nitrogens with zero attached hydrogens (tertiary/aromatic N) is 2. The Balaban J connectivity index is 1.35. The highest BCUT2D eigenvalue weighted by molar-refractivity contribution is 5.98. The number of carbonyl (C=O) groups excluding carboxylic acids is 1. The Morgan fingerprint density at radius 2 is 1.84 bits per heavy atom. The number of aromatic nitrogens is 1. The number of hydrogen-bond donors (Lipinski definition) is 0. The van der Waals surface area contributed by atoms with E-state index in [1.54, 1.807) is 0 Å². The molecule has 2 aromatic carbocycles. The lowest BCUT2D eigenvalue weighted by Crippen LogP contribution is -2.34. The van der Waals surface area contributed by atoms with Gasteiger partial charge in [0.25, 0.3) is 0 Å². The predicted octanol–water partition coefficient (Wildman–Crippen LogP) is 5.50. The van der Waals surface area contributed by atoms with Crippen molar-refractivity contribution in [3.63, 3.8) is 0 Å². The number of carbonyl (C=O) groups is 1. The first kappa shape index (κ1) is 21.1. The molecule has 3 aromatic rings. The van der Waals surface area contributed by atoms with Gasteiger partial charge in [-0.05, 0) is 69.0 Å². The van der Waals surface area contributed by atoms with Crippen molar-refractivity contribution in [1.29, 1.82) is 0 Å². The summed E-state index contributed by atoms with van der Waals surface area (Å²) in [5.41, 5.74) is 3.36. The van der Waals surface area contributed by atoms with Crippen LogP contribution in [0.5, 0.6) is 5.75 Å². The number of aryl methyl sites for hydroxylation is 2. The molecule has 0 spiro atoms. The Labute approximate surface area is 181 Å². The van der Waals surface area contributed by atoms with Crippen LogP contribution in [-0.4, -0.2) is 24.0 Å². The van der Waals surface area contributed by atoms with Gasteiger partial charge in [0.05, 0.1) is 16.8 Å². The molecule has 1 aromatic heterocycles. The van der Waals surface area contributed by atoms with Gasteiger partial charge in [0.2, 0.25) is 0 Å². The maximum absolute atomic E-state index is 13.2. The van der Waals surface area contributed by atoms with Crippen molar-refractivity contribution in [2.45, 2.75) is 39.7 Å². The normalized spacial score (nSPS) is 14.6. The van der Waals surface area contributed by atoms with Gasteiger partial charge in [-0.3, -0.25) is 4.79 Å². The first-order valence-corrected chi connectivity index (χ1v) is 10.7. The van der Waals surface area contributed by atoms with Crippen LogP contribution in [0.15, 0.2) is 53.1 Å². The number of para-hydroxylation sites is 1. The molecular weight excluding hydrogens is 395 g/mol. The zero-order chi connectivity index (χ0) is 21.8. The van der Waals surface area contributed by atoms with Crippen LogP contribution in [-0.2, 0) is 6.61 Å². The summed E-state index contributed by atoms with van der Waals surface area (Å²) in [6.45, 7) is 5.79. The summed E-state index contributed by atoms with van der Waals surface area (Å²) in [5, 5.41) is 3.95. The number of hydrogen-bond acceptors (Lipinski definition) is 5. The zero-order valence-corrected chi connectivity index (χ0v) is 17.9. The van der Waals surface area contributed by atoms with Gasteiger partial charge in [0, 0.05) is 25.2 Å². The van der Waals surface area contributed by atoms with Crippen molar-refractivity contribution in [2.24, 2.45) is 5.92 Å². The van der Waals surface area contributed by atoms with Crippen LogP contribution >= 0.6 is 0 Å². The molecule has 6 heteroatoms. The molecule has 0 bridgehead atoms. The number of halogens is 1. The SMILES string of the molecule is Cc1noc(C)c1COc1ccccc1C(=O)CC1CCN(c2ccc(F)cc2)CC1. The van der Waals surface area contributed by atoms with Crippen LogP contribution in [0.4, 0.5) is 10.1 Å². The smallest absolute Gasteiger partial charge is 0.166 e. The highest BCUT2D eigenvalue weighted by Gasteiger charge is 2.24. The van der Waals surface area contributed by atoms with Gasteiger partial charge in [0.1, 0.15) is 23.9 Å². The number of ether oxygens (including phenoxy) is 1. The minimum Gasteiger partial charge on any atom is -0.488 e. The molecule has 0 unspecified atom stereocenters. The molecule has 31 heavy (non-hydrogen) atoms. The summed E-state index contributed by atoms with van der Waals surface area (Å²) in [6, 6.07) is 14.0. The Morgan fingerprint density at radius 1 is 1.13 bits per heavy atom. The van der Waals surface area contributed by atoms with Crippen LogP contribution in [0.2, 0.25) is 0 Å². The number of Topliss-reactive ketones (excluding diaryl/α,β-unsaturated/α-hetero) is 1. The number of piperidine rings is 1. The van der Waals surface area contributed by atoms with Crippen molar-refractivity contribution >= 4 is 11.5 Å². The van der Waals surface area contributed by atoms with E-state index >= 15 is 0 Å². The molecule has 0 radical (unpaired) electrons. The van der Waals surface area contributed by atoms with E-state index in [-0.39, 0.29) is 11.6 Å². The van der Waals surface area contributed by atoms with Crippen molar-refractivity contribution in [1.82, 2.24) is 5.16 Å². The van der Waals surface area contributed by atoms with E-state index in [9.17, 15) is 9.18 Å². The number of benzene rings is 2. The fourth-order valence-electron chi connectivity index (χ4n) is 4.10. The fourth-order valence-corrected chi connectivity index (χ4v) is 4.10. The first-order chi connectivity index (χ1) is 15.0. The summed E-state index contributed by atoms with van der Waals surface area (Å²) in [5.74, 6) is 1.54. The molecule has 0 amide bonds. The molecule has 1 aliphatic rings. The second-order valence-electron chi connectivity index (χ2n) is 8.12. The standard InChI is InChI=1S/C25H27FN2O3/c1-17-23(18(2)31-27-17)16-30-25-6-4-3-5-22(25)24(29)15-19-11-13-28(14-12-19)21-9-7-20(26)8-10-21/h3-10,19H,11-16H2,1-2H3. The molecule has 1 aliphatic heterocycles. The molecular formula is C25H27FN2O3. The van der Waals surface area contributed by atoms with E-state index in [2.05, 4.69) is 10.1 Å². The van der Waals surface area contributed by atoms with Crippen LogP contribution in [0.25, 0.3) is 0 Å². The van der Waals surface area contributed by atoms with Gasteiger partial charge < -0.3 is 14.2 Å². The molecule has 162 valence electrons. The van der Waals surface area contributed by atoms with Crippen molar-refractivity contribution in [2.75, 3.05) is 18.0 Å². The van der Waals surface area contributed by atoms with Crippen molar-refractivity contribution in [3.8, 4) is 5.75 Å². The van der Waals surface area contributed by atoms with Gasteiger partial charge in [0.15, 0.2) is 5.78 Å². The lowest BCUT2D eigenvalue weighted by Gasteiger charge is -2.33. The molecule has 1 saturated heterocycles. The van der Waals surface area contributed by atoms with Gasteiger partial charge in [-0.25, -0.2) is 4.39 Å². The predicted molar refractivity (Wildman–Crippen MR) is 117 cm³/mol. The van der Waals surface area contributed by atoms with Crippen LogP contribution in [0, 0.1) is 25.6 Å².